The van der Waals surface area contributed by atoms with Crippen LogP contribution in [0.15, 0.2) is 36.7 Å². The largest absolute Gasteiger partial charge is 0.476 e. The highest BCUT2D eigenvalue weighted by molar-refractivity contribution is 5.93. The summed E-state index contributed by atoms with van der Waals surface area (Å²) in [5.74, 6) is -1.91. The lowest BCUT2D eigenvalue weighted by molar-refractivity contribution is 0.0687. The molecule has 1 fully saturated rings. The zero-order valence-electron chi connectivity index (χ0n) is 12.8. The summed E-state index contributed by atoms with van der Waals surface area (Å²) in [6.45, 7) is 0. The van der Waals surface area contributed by atoms with Gasteiger partial charge in [0.25, 0.3) is 5.91 Å². The molecule has 1 heterocycles. The van der Waals surface area contributed by atoms with Gasteiger partial charge in [-0.2, -0.15) is 0 Å². The lowest BCUT2D eigenvalue weighted by Gasteiger charge is -2.42. The van der Waals surface area contributed by atoms with Crippen molar-refractivity contribution in [2.24, 2.45) is 0 Å². The Labute approximate surface area is 137 Å². The van der Waals surface area contributed by atoms with Gasteiger partial charge < -0.3 is 10.4 Å². The Bertz CT molecular complexity index is 773. The standard InChI is InChI=1S/C17H16FN3O3/c18-12-4-1-3-11(7-12)8-17(5-2-6-17)21-15(22)13-9-20-14(10-19-13)16(23)24/h1,3-4,7,9-10H,2,5-6,8H2,(H,21,22)(H,23,24). The van der Waals surface area contributed by atoms with Gasteiger partial charge in [-0.05, 0) is 43.4 Å². The molecule has 3 rings (SSSR count). The number of aromatic nitrogens is 2. The summed E-state index contributed by atoms with van der Waals surface area (Å²) in [7, 11) is 0. The third-order valence-corrected chi connectivity index (χ3v) is 4.22. The van der Waals surface area contributed by atoms with E-state index in [1.807, 2.05) is 6.07 Å². The summed E-state index contributed by atoms with van der Waals surface area (Å²) >= 11 is 0. The van der Waals surface area contributed by atoms with Crippen molar-refractivity contribution < 1.29 is 19.1 Å². The molecule has 0 aliphatic heterocycles. The third-order valence-electron chi connectivity index (χ3n) is 4.22. The molecule has 1 amide bonds. The summed E-state index contributed by atoms with van der Waals surface area (Å²) < 4.78 is 13.3. The van der Waals surface area contributed by atoms with Crippen molar-refractivity contribution >= 4 is 11.9 Å². The second kappa shape index (κ2) is 6.35. The maximum absolute atomic E-state index is 13.3. The highest BCUT2D eigenvalue weighted by atomic mass is 19.1. The SMILES string of the molecule is O=C(O)c1cnc(C(=O)NC2(Cc3cccc(F)c3)CCC2)cn1. The number of carbonyl (C=O) groups is 2. The minimum Gasteiger partial charge on any atom is -0.476 e. The van der Waals surface area contributed by atoms with Crippen LogP contribution in [0.5, 0.6) is 0 Å². The highest BCUT2D eigenvalue weighted by Crippen LogP contribution is 2.35. The van der Waals surface area contributed by atoms with Gasteiger partial charge in [-0.25, -0.2) is 19.2 Å². The van der Waals surface area contributed by atoms with Crippen LogP contribution in [-0.4, -0.2) is 32.5 Å². The smallest absolute Gasteiger partial charge is 0.356 e. The number of rotatable bonds is 5. The van der Waals surface area contributed by atoms with E-state index in [1.165, 1.54) is 12.1 Å². The number of carbonyl (C=O) groups excluding carboxylic acids is 1. The molecule has 0 bridgehead atoms. The number of aromatic carboxylic acids is 1. The summed E-state index contributed by atoms with van der Waals surface area (Å²) in [5, 5.41) is 11.8. The van der Waals surface area contributed by atoms with E-state index in [2.05, 4.69) is 15.3 Å². The predicted molar refractivity (Wildman–Crippen MR) is 83.1 cm³/mol. The number of carboxylic acid groups (broad SMARTS) is 1. The van der Waals surface area contributed by atoms with Crippen LogP contribution in [0.1, 0.15) is 45.8 Å². The number of nitrogens with one attached hydrogen (secondary N) is 1. The molecule has 2 N–H and O–H groups in total. The van der Waals surface area contributed by atoms with Crippen molar-refractivity contribution in [2.75, 3.05) is 0 Å². The second-order valence-electron chi connectivity index (χ2n) is 5.99. The Balaban J connectivity index is 1.72. The first-order chi connectivity index (χ1) is 11.5. The van der Waals surface area contributed by atoms with Crippen LogP contribution >= 0.6 is 0 Å². The summed E-state index contributed by atoms with van der Waals surface area (Å²) in [4.78, 5) is 30.7. The number of halogens is 1. The molecule has 7 heteroatoms. The highest BCUT2D eigenvalue weighted by Gasteiger charge is 2.38. The molecule has 0 unspecified atom stereocenters. The van der Waals surface area contributed by atoms with Crippen LogP contribution < -0.4 is 5.32 Å². The topological polar surface area (TPSA) is 92.2 Å². The molecule has 1 aromatic heterocycles. The number of amides is 1. The van der Waals surface area contributed by atoms with Crippen molar-refractivity contribution in [2.45, 2.75) is 31.2 Å². The predicted octanol–water partition coefficient (Wildman–Crippen LogP) is 2.21. The fraction of sp³-hybridized carbons (Fsp3) is 0.294. The molecular formula is C17H16FN3O3. The summed E-state index contributed by atoms with van der Waals surface area (Å²) in [6, 6.07) is 6.33. The van der Waals surface area contributed by atoms with Crippen molar-refractivity contribution in [1.82, 2.24) is 15.3 Å². The Hall–Kier alpha value is -2.83. The first kappa shape index (κ1) is 16.0. The molecule has 1 saturated carbocycles. The molecule has 6 nitrogen and oxygen atoms in total. The molecule has 0 atom stereocenters. The number of hydrogen-bond acceptors (Lipinski definition) is 4. The monoisotopic (exact) mass is 329 g/mol. The fourth-order valence-electron chi connectivity index (χ4n) is 2.85. The Kier molecular flexibility index (Phi) is 4.24. The number of nitrogens with zero attached hydrogens (tertiary/aromatic N) is 2. The van der Waals surface area contributed by atoms with E-state index in [0.29, 0.717) is 6.42 Å². The first-order valence-corrected chi connectivity index (χ1v) is 7.60. The minimum atomic E-state index is -1.20. The van der Waals surface area contributed by atoms with E-state index in [0.717, 1.165) is 37.2 Å². The van der Waals surface area contributed by atoms with E-state index in [4.69, 9.17) is 5.11 Å². The number of carboxylic acids is 1. The van der Waals surface area contributed by atoms with Gasteiger partial charge in [0.15, 0.2) is 5.69 Å². The quantitative estimate of drug-likeness (QED) is 0.877. The van der Waals surface area contributed by atoms with E-state index in [9.17, 15) is 14.0 Å². The van der Waals surface area contributed by atoms with Crippen LogP contribution in [0.4, 0.5) is 4.39 Å². The second-order valence-corrected chi connectivity index (χ2v) is 5.99. The van der Waals surface area contributed by atoms with Gasteiger partial charge in [-0.15, -0.1) is 0 Å². The van der Waals surface area contributed by atoms with Gasteiger partial charge in [0.1, 0.15) is 11.5 Å². The lowest BCUT2D eigenvalue weighted by atomic mass is 9.72. The molecular weight excluding hydrogens is 313 g/mol. The normalized spacial score (nSPS) is 15.4. The van der Waals surface area contributed by atoms with Gasteiger partial charge >= 0.3 is 5.97 Å². The number of hydrogen-bond donors (Lipinski definition) is 2. The molecule has 124 valence electrons. The minimum absolute atomic E-state index is 0.0607. The van der Waals surface area contributed by atoms with Gasteiger partial charge in [-0.3, -0.25) is 4.79 Å². The zero-order chi connectivity index (χ0) is 17.2. The molecule has 0 radical (unpaired) electrons. The Morgan fingerprint density at radius 3 is 2.46 bits per heavy atom. The van der Waals surface area contributed by atoms with Crippen LogP contribution in [0.25, 0.3) is 0 Å². The van der Waals surface area contributed by atoms with Crippen LogP contribution in [0, 0.1) is 5.82 Å². The molecule has 0 saturated heterocycles. The van der Waals surface area contributed by atoms with Crippen LogP contribution in [0.3, 0.4) is 0 Å². The first-order valence-electron chi connectivity index (χ1n) is 7.60. The molecule has 24 heavy (non-hydrogen) atoms. The Morgan fingerprint density at radius 2 is 1.92 bits per heavy atom. The van der Waals surface area contributed by atoms with Gasteiger partial charge in [0, 0.05) is 5.54 Å². The molecule has 1 aromatic carbocycles. The fourth-order valence-corrected chi connectivity index (χ4v) is 2.85. The van der Waals surface area contributed by atoms with Crippen LogP contribution in [-0.2, 0) is 6.42 Å². The summed E-state index contributed by atoms with van der Waals surface area (Å²) in [6.07, 6.45) is 5.33. The van der Waals surface area contributed by atoms with Crippen molar-refractivity contribution in [3.8, 4) is 0 Å². The molecule has 2 aromatic rings. The summed E-state index contributed by atoms with van der Waals surface area (Å²) in [5.41, 5.74) is 0.246. The zero-order valence-corrected chi connectivity index (χ0v) is 12.8. The lowest BCUT2D eigenvalue weighted by Crippen LogP contribution is -2.55. The van der Waals surface area contributed by atoms with E-state index >= 15 is 0 Å². The number of benzene rings is 1. The van der Waals surface area contributed by atoms with E-state index in [-0.39, 0.29) is 17.2 Å². The molecule has 0 spiro atoms. The maximum atomic E-state index is 13.3. The maximum Gasteiger partial charge on any atom is 0.356 e. The molecule has 1 aliphatic carbocycles. The van der Waals surface area contributed by atoms with Crippen molar-refractivity contribution in [3.05, 3.63) is 59.4 Å². The van der Waals surface area contributed by atoms with Gasteiger partial charge in [0.2, 0.25) is 0 Å². The Morgan fingerprint density at radius 1 is 1.21 bits per heavy atom. The van der Waals surface area contributed by atoms with Crippen LogP contribution in [0.2, 0.25) is 0 Å². The van der Waals surface area contributed by atoms with Gasteiger partial charge in [-0.1, -0.05) is 12.1 Å². The average molecular weight is 329 g/mol. The van der Waals surface area contributed by atoms with Crippen molar-refractivity contribution in [3.63, 3.8) is 0 Å². The third kappa shape index (κ3) is 3.40. The average Bonchev–Trinajstić information content (AvgIpc) is 2.52. The molecule has 1 aliphatic rings. The van der Waals surface area contributed by atoms with Gasteiger partial charge in [0.05, 0.1) is 12.4 Å². The van der Waals surface area contributed by atoms with Crippen molar-refractivity contribution in [1.29, 1.82) is 0 Å². The van der Waals surface area contributed by atoms with E-state index in [1.54, 1.807) is 6.07 Å². The van der Waals surface area contributed by atoms with E-state index < -0.39 is 17.4 Å².